The van der Waals surface area contributed by atoms with E-state index in [1.54, 1.807) is 6.26 Å². The van der Waals surface area contributed by atoms with Crippen LogP contribution in [0.3, 0.4) is 0 Å². The van der Waals surface area contributed by atoms with Crippen molar-refractivity contribution in [3.8, 4) is 0 Å². The molecule has 0 radical (unpaired) electrons. The molecule has 0 atom stereocenters. The second-order valence-corrected chi connectivity index (χ2v) is 9.25. The Bertz CT molecular complexity index is 1310. The molecule has 7 heteroatoms. The van der Waals surface area contributed by atoms with Crippen molar-refractivity contribution < 1.29 is 9.21 Å². The molecule has 1 N–H and O–H groups in total. The summed E-state index contributed by atoms with van der Waals surface area (Å²) in [6.45, 7) is 9.59. The van der Waals surface area contributed by atoms with Crippen LogP contribution in [0.15, 0.2) is 65.5 Å². The predicted molar refractivity (Wildman–Crippen MR) is 144 cm³/mol. The zero-order chi connectivity index (χ0) is 24.9. The molecule has 1 aliphatic heterocycles. The minimum absolute atomic E-state index is 0.125. The van der Waals surface area contributed by atoms with Crippen LogP contribution < -0.4 is 10.2 Å². The van der Waals surface area contributed by atoms with Crippen LogP contribution in [0, 0.1) is 0 Å². The Labute approximate surface area is 212 Å². The maximum atomic E-state index is 12.2. The number of aromatic nitrogens is 2. The molecule has 0 aliphatic carbocycles. The van der Waals surface area contributed by atoms with Gasteiger partial charge in [0.2, 0.25) is 5.95 Å². The number of likely N-dealkylation sites (N-methyl/N-ethyl adjacent to an activating group) is 1. The van der Waals surface area contributed by atoms with Crippen molar-refractivity contribution in [2.75, 3.05) is 42.9 Å². The maximum absolute atomic E-state index is 12.2. The van der Waals surface area contributed by atoms with Crippen LogP contribution in [0.1, 0.15) is 41.8 Å². The van der Waals surface area contributed by atoms with E-state index in [1.165, 1.54) is 5.69 Å². The highest BCUT2D eigenvalue weighted by molar-refractivity contribution is 5.99. The van der Waals surface area contributed by atoms with E-state index in [0.29, 0.717) is 17.9 Å². The van der Waals surface area contributed by atoms with E-state index in [1.807, 2.05) is 37.5 Å². The normalized spacial score (nSPS) is 14.3. The van der Waals surface area contributed by atoms with Gasteiger partial charge in [-0.1, -0.05) is 13.8 Å². The summed E-state index contributed by atoms with van der Waals surface area (Å²) in [7, 11) is 0. The molecule has 2 aromatic heterocycles. The number of hydrogen-bond acceptors (Lipinski definition) is 7. The Hall–Kier alpha value is -3.71. The fourth-order valence-corrected chi connectivity index (χ4v) is 4.75. The number of carbonyl (C=O) groups is 1. The summed E-state index contributed by atoms with van der Waals surface area (Å²) in [6.07, 6.45) is 7.45. The monoisotopic (exact) mass is 483 g/mol. The molecule has 0 amide bonds. The fraction of sp³-hybridized carbons (Fsp3) is 0.345. The van der Waals surface area contributed by atoms with Crippen molar-refractivity contribution in [3.63, 3.8) is 0 Å². The molecule has 0 unspecified atom stereocenters. The van der Waals surface area contributed by atoms with E-state index in [4.69, 9.17) is 4.42 Å². The molecule has 0 bridgehead atoms. The number of fused-ring (bicyclic) bond motifs is 1. The molecule has 0 saturated carbocycles. The molecule has 0 spiro atoms. The number of benzene rings is 2. The molecule has 186 valence electrons. The number of hydrogen-bond donors (Lipinski definition) is 1. The van der Waals surface area contributed by atoms with E-state index < -0.39 is 0 Å². The van der Waals surface area contributed by atoms with E-state index in [0.717, 1.165) is 73.3 Å². The van der Waals surface area contributed by atoms with Crippen molar-refractivity contribution in [2.24, 2.45) is 0 Å². The first-order chi connectivity index (χ1) is 17.6. The van der Waals surface area contributed by atoms with Crippen LogP contribution in [0.4, 0.5) is 17.3 Å². The molecule has 2 aromatic carbocycles. The zero-order valence-corrected chi connectivity index (χ0v) is 21.0. The van der Waals surface area contributed by atoms with Gasteiger partial charge in [0.15, 0.2) is 5.78 Å². The standard InChI is InChI=1S/C29H33N5O2/c1-3-27(35)23-17-22(26-11-16-36-28(26)18-23)6-5-21-19-30-29(31-20-21)32-24-7-9-25(10-8-24)34-14-12-33(4-2)13-15-34/h7-11,16-20H,3-6,12-15H2,1-2H3,(H,30,31,32). The van der Waals surface area contributed by atoms with Crippen LogP contribution in [0.25, 0.3) is 11.0 Å². The van der Waals surface area contributed by atoms with Gasteiger partial charge < -0.3 is 19.5 Å². The summed E-state index contributed by atoms with van der Waals surface area (Å²) in [5.74, 6) is 0.705. The van der Waals surface area contributed by atoms with Gasteiger partial charge in [-0.15, -0.1) is 0 Å². The van der Waals surface area contributed by atoms with Crippen LogP contribution in [0.2, 0.25) is 0 Å². The lowest BCUT2D eigenvalue weighted by molar-refractivity contribution is 0.0988. The van der Waals surface area contributed by atoms with Crippen LogP contribution in [0.5, 0.6) is 0 Å². The number of anilines is 3. The Kier molecular flexibility index (Phi) is 7.28. The first-order valence-corrected chi connectivity index (χ1v) is 12.8. The Morgan fingerprint density at radius 1 is 0.972 bits per heavy atom. The Morgan fingerprint density at radius 3 is 2.42 bits per heavy atom. The van der Waals surface area contributed by atoms with Crippen molar-refractivity contribution >= 4 is 34.1 Å². The fourth-order valence-electron chi connectivity index (χ4n) is 4.75. The van der Waals surface area contributed by atoms with Gasteiger partial charge in [0.05, 0.1) is 6.26 Å². The number of carbonyl (C=O) groups excluding carboxylic acids is 1. The molecule has 7 nitrogen and oxygen atoms in total. The van der Waals surface area contributed by atoms with E-state index >= 15 is 0 Å². The van der Waals surface area contributed by atoms with Crippen LogP contribution in [-0.4, -0.2) is 53.4 Å². The number of aryl methyl sites for hydroxylation is 2. The van der Waals surface area contributed by atoms with Gasteiger partial charge in [-0.3, -0.25) is 4.79 Å². The number of piperazine rings is 1. The number of ketones is 1. The number of nitrogens with zero attached hydrogens (tertiary/aromatic N) is 4. The Morgan fingerprint density at radius 2 is 1.72 bits per heavy atom. The molecular weight excluding hydrogens is 450 g/mol. The van der Waals surface area contributed by atoms with Gasteiger partial charge >= 0.3 is 0 Å². The molecule has 36 heavy (non-hydrogen) atoms. The summed E-state index contributed by atoms with van der Waals surface area (Å²) in [6, 6.07) is 14.3. The summed E-state index contributed by atoms with van der Waals surface area (Å²) >= 11 is 0. The van der Waals surface area contributed by atoms with Gasteiger partial charge in [0.1, 0.15) is 5.58 Å². The topological polar surface area (TPSA) is 74.5 Å². The van der Waals surface area contributed by atoms with Crippen molar-refractivity contribution in [3.05, 3.63) is 77.8 Å². The third kappa shape index (κ3) is 5.41. The molecule has 4 aromatic rings. The van der Waals surface area contributed by atoms with E-state index in [9.17, 15) is 4.79 Å². The lowest BCUT2D eigenvalue weighted by atomic mass is 9.98. The van der Waals surface area contributed by atoms with Gasteiger partial charge in [-0.2, -0.15) is 0 Å². The zero-order valence-electron chi connectivity index (χ0n) is 21.0. The second kappa shape index (κ2) is 10.9. The highest BCUT2D eigenvalue weighted by Gasteiger charge is 2.16. The number of Topliss-reactive ketones (excluding diaryl/α,β-unsaturated/α-hetero) is 1. The third-order valence-electron chi connectivity index (χ3n) is 7.00. The second-order valence-electron chi connectivity index (χ2n) is 9.25. The highest BCUT2D eigenvalue weighted by atomic mass is 16.3. The molecule has 5 rings (SSSR count). The highest BCUT2D eigenvalue weighted by Crippen LogP contribution is 2.25. The van der Waals surface area contributed by atoms with Gasteiger partial charge in [-0.25, -0.2) is 9.97 Å². The number of rotatable bonds is 9. The Balaban J connectivity index is 1.19. The van der Waals surface area contributed by atoms with Crippen molar-refractivity contribution in [1.29, 1.82) is 0 Å². The van der Waals surface area contributed by atoms with Gasteiger partial charge in [0.25, 0.3) is 0 Å². The summed E-state index contributed by atoms with van der Waals surface area (Å²) in [5, 5.41) is 4.35. The van der Waals surface area contributed by atoms with Crippen molar-refractivity contribution in [2.45, 2.75) is 33.1 Å². The lowest BCUT2D eigenvalue weighted by Crippen LogP contribution is -2.46. The molecule has 1 saturated heterocycles. The van der Waals surface area contributed by atoms with Crippen LogP contribution in [-0.2, 0) is 12.8 Å². The smallest absolute Gasteiger partial charge is 0.227 e. The van der Waals surface area contributed by atoms with E-state index in [2.05, 4.69) is 56.3 Å². The lowest BCUT2D eigenvalue weighted by Gasteiger charge is -2.35. The first kappa shape index (κ1) is 24.0. The van der Waals surface area contributed by atoms with E-state index in [-0.39, 0.29) is 5.78 Å². The summed E-state index contributed by atoms with van der Waals surface area (Å²) < 4.78 is 5.58. The maximum Gasteiger partial charge on any atom is 0.227 e. The largest absolute Gasteiger partial charge is 0.464 e. The molecular formula is C29H33N5O2. The average Bonchev–Trinajstić information content (AvgIpc) is 3.41. The summed E-state index contributed by atoms with van der Waals surface area (Å²) in [5.41, 5.74) is 5.85. The minimum atomic E-state index is 0.125. The minimum Gasteiger partial charge on any atom is -0.464 e. The molecule has 1 fully saturated rings. The quantitative estimate of drug-likeness (QED) is 0.316. The SMILES string of the molecule is CCC(=O)c1cc(CCc2cnc(Nc3ccc(N4CCN(CC)CC4)cc3)nc2)c2ccoc2c1. The third-order valence-corrected chi connectivity index (χ3v) is 7.00. The van der Waals surface area contributed by atoms with Crippen LogP contribution >= 0.6 is 0 Å². The van der Waals surface area contributed by atoms with Gasteiger partial charge in [-0.05, 0) is 73.0 Å². The first-order valence-electron chi connectivity index (χ1n) is 12.8. The summed E-state index contributed by atoms with van der Waals surface area (Å²) in [4.78, 5) is 26.2. The number of furan rings is 1. The average molecular weight is 484 g/mol. The van der Waals surface area contributed by atoms with Crippen molar-refractivity contribution in [1.82, 2.24) is 14.9 Å². The molecule has 1 aliphatic rings. The molecule has 3 heterocycles. The number of nitrogens with one attached hydrogen (secondary N) is 1. The van der Waals surface area contributed by atoms with Gasteiger partial charge in [0, 0.05) is 67.3 Å². The predicted octanol–water partition coefficient (Wildman–Crippen LogP) is 5.49.